The number of ether oxygens (including phenoxy) is 2. The molecule has 4 atom stereocenters. The van der Waals surface area contributed by atoms with E-state index in [-0.39, 0.29) is 43.0 Å². The second-order valence-corrected chi connectivity index (χ2v) is 15.1. The van der Waals surface area contributed by atoms with Crippen molar-refractivity contribution < 1.29 is 41.3 Å². The maximum Gasteiger partial charge on any atom is 0.326 e. The third-order valence-corrected chi connectivity index (χ3v) is 11.5. The molecular weight excluding hydrogens is 772 g/mol. The van der Waals surface area contributed by atoms with Crippen LogP contribution in [-0.2, 0) is 22.6 Å². The molecule has 0 radical (unpaired) electrons. The first-order valence-electron chi connectivity index (χ1n) is 19.4. The molecule has 1 aromatic heterocycles. The van der Waals surface area contributed by atoms with Crippen molar-refractivity contribution in [1.29, 1.82) is 0 Å². The lowest BCUT2D eigenvalue weighted by molar-refractivity contribution is -0.276. The Morgan fingerprint density at radius 3 is 2.12 bits per heavy atom. The first-order chi connectivity index (χ1) is 28.5. The number of fused-ring (bicyclic) bond motifs is 1. The summed E-state index contributed by atoms with van der Waals surface area (Å²) in [4.78, 5) is 30.9. The second kappa shape index (κ2) is 16.9. The molecule has 3 N–H and O–H groups in total. The van der Waals surface area contributed by atoms with E-state index in [1.165, 1.54) is 0 Å². The molecule has 5 aromatic carbocycles. The van der Waals surface area contributed by atoms with Gasteiger partial charge in [0.2, 0.25) is 5.82 Å². The number of piperidine rings is 1. The first kappa shape index (κ1) is 40.1. The lowest BCUT2D eigenvalue weighted by atomic mass is 9.89. The Morgan fingerprint density at radius 2 is 1.42 bits per heavy atom. The van der Waals surface area contributed by atoms with Crippen LogP contribution in [0.4, 0.5) is 22.0 Å². The molecule has 0 spiro atoms. The van der Waals surface area contributed by atoms with Gasteiger partial charge < -0.3 is 29.8 Å². The third kappa shape index (κ3) is 7.93. The van der Waals surface area contributed by atoms with Crippen molar-refractivity contribution in [3.63, 3.8) is 0 Å². The number of halogens is 5. The summed E-state index contributed by atoms with van der Waals surface area (Å²) in [5, 5.41) is 11.9. The zero-order chi connectivity index (χ0) is 41.4. The molecule has 2 aliphatic heterocycles. The van der Waals surface area contributed by atoms with Gasteiger partial charge in [-0.1, -0.05) is 91.9 Å². The largest absolute Gasteiger partial charge is 0.392 e. The number of amides is 1. The molecule has 59 heavy (non-hydrogen) atoms. The van der Waals surface area contributed by atoms with Crippen LogP contribution in [0.25, 0.3) is 22.2 Å². The van der Waals surface area contributed by atoms with E-state index in [1.807, 2.05) is 77.4 Å². The number of likely N-dealkylation sites (tertiary alicyclic amines) is 1. The molecule has 0 unspecified atom stereocenters. The number of aromatic amines is 1. The molecule has 0 aliphatic carbocycles. The summed E-state index contributed by atoms with van der Waals surface area (Å²) in [5.74, 6) is -12.7. The van der Waals surface area contributed by atoms with Crippen LogP contribution in [0.2, 0.25) is 0 Å². The molecule has 2 saturated heterocycles. The highest BCUT2D eigenvalue weighted by molar-refractivity contribution is 5.95. The van der Waals surface area contributed by atoms with Gasteiger partial charge in [0, 0.05) is 43.7 Å². The van der Waals surface area contributed by atoms with E-state index in [4.69, 9.17) is 9.47 Å². The summed E-state index contributed by atoms with van der Waals surface area (Å²) in [6, 6.07) is 29.8. The Hall–Kier alpha value is -5.67. The van der Waals surface area contributed by atoms with E-state index in [1.54, 1.807) is 24.3 Å². The molecule has 1 amide bonds. The lowest BCUT2D eigenvalue weighted by Crippen LogP contribution is -2.47. The van der Waals surface area contributed by atoms with E-state index >= 15 is 0 Å². The van der Waals surface area contributed by atoms with Gasteiger partial charge in [0.25, 0.3) is 5.91 Å². The number of hydrogen-bond donors (Lipinski definition) is 3. The van der Waals surface area contributed by atoms with E-state index in [9.17, 15) is 36.6 Å². The number of H-pyrrole nitrogens is 1. The number of aliphatic hydroxyl groups excluding tert-OH is 1. The monoisotopic (exact) mass is 812 g/mol. The number of para-hydroxylation sites is 2. The predicted octanol–water partition coefficient (Wildman–Crippen LogP) is 8.24. The number of aromatic nitrogens is 2. The van der Waals surface area contributed by atoms with Crippen LogP contribution >= 0.6 is 0 Å². The van der Waals surface area contributed by atoms with E-state index in [0.717, 1.165) is 59.2 Å². The molecule has 0 bridgehead atoms. The zero-order valence-electron chi connectivity index (χ0n) is 31.9. The Labute approximate surface area is 336 Å². The fraction of sp³-hybridized carbons (Fsp3) is 0.289. The molecule has 14 heteroatoms. The van der Waals surface area contributed by atoms with Crippen LogP contribution < -0.4 is 11.0 Å². The fourth-order valence-electron chi connectivity index (χ4n) is 8.22. The number of imidazole rings is 1. The number of rotatable bonds is 10. The quantitative estimate of drug-likeness (QED) is 0.0731. The number of aliphatic hydroxyl groups is 1. The maximum atomic E-state index is 14.3. The van der Waals surface area contributed by atoms with Gasteiger partial charge in [0.15, 0.2) is 29.6 Å². The van der Waals surface area contributed by atoms with Crippen LogP contribution in [0, 0.1) is 35.0 Å². The average Bonchev–Trinajstić information content (AvgIpc) is 3.61. The van der Waals surface area contributed by atoms with E-state index in [2.05, 4.69) is 22.1 Å². The van der Waals surface area contributed by atoms with Gasteiger partial charge in [0.1, 0.15) is 5.56 Å². The van der Waals surface area contributed by atoms with E-state index < -0.39 is 46.8 Å². The summed E-state index contributed by atoms with van der Waals surface area (Å²) in [6.45, 7) is 3.96. The molecule has 6 aromatic rings. The topological polar surface area (TPSA) is 109 Å². The van der Waals surface area contributed by atoms with Gasteiger partial charge in [-0.05, 0) is 52.8 Å². The van der Waals surface area contributed by atoms with Crippen molar-refractivity contribution in [2.24, 2.45) is 5.92 Å². The number of carbonyl (C=O) groups excluding carboxylic acids is 1. The zero-order valence-corrected chi connectivity index (χ0v) is 31.9. The minimum Gasteiger partial charge on any atom is -0.392 e. The van der Waals surface area contributed by atoms with Gasteiger partial charge >= 0.3 is 5.69 Å². The first-order valence-corrected chi connectivity index (χ1v) is 19.4. The van der Waals surface area contributed by atoms with Gasteiger partial charge in [-0.25, -0.2) is 26.7 Å². The predicted molar refractivity (Wildman–Crippen MR) is 210 cm³/mol. The van der Waals surface area contributed by atoms with E-state index in [0.29, 0.717) is 17.7 Å². The van der Waals surface area contributed by atoms with Crippen LogP contribution in [0.3, 0.4) is 0 Å². The SMILES string of the molecule is C[C@H]1[C@@H](CN2CCC(n3c(=O)[nH]c4ccccc43)CC2)O[C@@H](c2ccc(-c3ccccc3CNC(=O)c3c(F)c(F)c(F)c(F)c3F)cc2)O[C@H]1c1ccc(CO)cc1. The summed E-state index contributed by atoms with van der Waals surface area (Å²) in [5.41, 5.74) is 4.47. The molecular formula is C45H41F5N4O5. The van der Waals surface area contributed by atoms with Crippen LogP contribution in [0.15, 0.2) is 102 Å². The minimum atomic E-state index is -2.34. The number of benzene rings is 5. The van der Waals surface area contributed by atoms with Crippen LogP contribution in [0.1, 0.15) is 70.8 Å². The van der Waals surface area contributed by atoms with Crippen LogP contribution in [0.5, 0.6) is 0 Å². The Bertz CT molecular complexity index is 2510. The molecule has 2 fully saturated rings. The van der Waals surface area contributed by atoms with Crippen molar-refractivity contribution in [2.45, 2.75) is 57.5 Å². The Morgan fingerprint density at radius 1 is 0.797 bits per heavy atom. The van der Waals surface area contributed by atoms with Crippen molar-refractivity contribution in [2.75, 3.05) is 19.6 Å². The highest BCUT2D eigenvalue weighted by atomic mass is 19.2. The molecule has 3 heterocycles. The van der Waals surface area contributed by atoms with Crippen molar-refractivity contribution in [1.82, 2.24) is 19.8 Å². The maximum absolute atomic E-state index is 14.3. The molecule has 9 nitrogen and oxygen atoms in total. The van der Waals surface area contributed by atoms with Gasteiger partial charge in [-0.3, -0.25) is 9.36 Å². The van der Waals surface area contributed by atoms with Gasteiger partial charge in [-0.15, -0.1) is 0 Å². The Kier molecular flexibility index (Phi) is 11.5. The molecule has 306 valence electrons. The van der Waals surface area contributed by atoms with Crippen LogP contribution in [-0.4, -0.2) is 51.2 Å². The van der Waals surface area contributed by atoms with Crippen molar-refractivity contribution >= 4 is 16.9 Å². The van der Waals surface area contributed by atoms with Gasteiger partial charge in [-0.2, -0.15) is 0 Å². The van der Waals surface area contributed by atoms with Crippen molar-refractivity contribution in [3.05, 3.63) is 164 Å². The molecule has 0 saturated carbocycles. The average molecular weight is 813 g/mol. The summed E-state index contributed by atoms with van der Waals surface area (Å²) in [7, 11) is 0. The number of hydrogen-bond acceptors (Lipinski definition) is 6. The summed E-state index contributed by atoms with van der Waals surface area (Å²) in [6.07, 6.45) is 0.295. The summed E-state index contributed by atoms with van der Waals surface area (Å²) < 4.78 is 85.1. The summed E-state index contributed by atoms with van der Waals surface area (Å²) >= 11 is 0. The normalized spacial score (nSPS) is 20.3. The van der Waals surface area contributed by atoms with Crippen molar-refractivity contribution in [3.8, 4) is 11.1 Å². The second-order valence-electron chi connectivity index (χ2n) is 15.1. The highest BCUT2D eigenvalue weighted by Gasteiger charge is 2.40. The molecule has 2 aliphatic rings. The lowest BCUT2D eigenvalue weighted by Gasteiger charge is -2.44. The third-order valence-electron chi connectivity index (χ3n) is 11.5. The molecule has 8 rings (SSSR count). The standard InChI is InChI=1S/C45H41F5N4O5/c1-25-35(23-53-20-18-31(19-21-53)54-34-9-5-4-8-33(34)52-45(54)57)58-44(59-42(25)28-12-10-26(24-55)11-13-28)29-16-14-27(15-17-29)32-7-3-2-6-30(32)22-51-43(56)36-37(46)39(48)41(50)40(49)38(36)47/h2-17,25,31,35,42,44,55H,18-24H2,1H3,(H,51,56)(H,52,57)/t25-,35+,42+,44+/m0/s1. The fourth-order valence-corrected chi connectivity index (χ4v) is 8.22. The number of nitrogens with zero attached hydrogens (tertiary/aromatic N) is 2. The smallest absolute Gasteiger partial charge is 0.326 e. The Balaban J connectivity index is 0.992. The highest BCUT2D eigenvalue weighted by Crippen LogP contribution is 2.42. The minimum absolute atomic E-state index is 0.0496. The number of carbonyl (C=O) groups is 1. The van der Waals surface area contributed by atoms with Gasteiger partial charge in [0.05, 0.1) is 29.8 Å². The number of nitrogens with one attached hydrogen (secondary N) is 2.